The molecule has 5 heteroatoms. The number of halogens is 1. The van der Waals surface area contributed by atoms with Crippen LogP contribution >= 0.6 is 15.9 Å². The highest BCUT2D eigenvalue weighted by atomic mass is 79.9. The number of nitrogens with one attached hydrogen (secondary N) is 1. The number of benzene rings is 2. The average molecular weight is 377 g/mol. The number of fused-ring (bicyclic) bond motifs is 1. The number of hydrazone groups is 1. The molecule has 0 bridgehead atoms. The minimum atomic E-state index is 0.706. The van der Waals surface area contributed by atoms with Crippen molar-refractivity contribution in [3.63, 3.8) is 0 Å². The monoisotopic (exact) mass is 376 g/mol. The molecule has 0 amide bonds. The fourth-order valence-corrected chi connectivity index (χ4v) is 2.78. The van der Waals surface area contributed by atoms with Crippen LogP contribution in [0, 0.1) is 0 Å². The summed E-state index contributed by atoms with van der Waals surface area (Å²) in [6.45, 7) is 0. The van der Waals surface area contributed by atoms with Crippen molar-refractivity contribution in [1.82, 2.24) is 10.4 Å². The molecule has 0 saturated carbocycles. The summed E-state index contributed by atoms with van der Waals surface area (Å²) in [5.74, 6) is 0.706. The molecule has 1 aliphatic heterocycles. The van der Waals surface area contributed by atoms with E-state index < -0.39 is 0 Å². The van der Waals surface area contributed by atoms with Crippen LogP contribution in [0.2, 0.25) is 0 Å². The van der Waals surface area contributed by atoms with Crippen molar-refractivity contribution < 1.29 is 0 Å². The fourth-order valence-electron chi connectivity index (χ4n) is 2.51. The van der Waals surface area contributed by atoms with Crippen LogP contribution in [0.4, 0.5) is 5.69 Å². The van der Waals surface area contributed by atoms with Crippen LogP contribution in [0.25, 0.3) is 0 Å². The van der Waals surface area contributed by atoms with Crippen molar-refractivity contribution in [3.8, 4) is 0 Å². The van der Waals surface area contributed by atoms with Crippen LogP contribution < -0.4 is 5.43 Å². The summed E-state index contributed by atoms with van der Waals surface area (Å²) in [6, 6.07) is 21.8. The van der Waals surface area contributed by atoms with E-state index >= 15 is 0 Å². The topological polar surface area (TPSA) is 49.6 Å². The maximum atomic E-state index is 4.72. The minimum Gasteiger partial charge on any atom is -0.260 e. The van der Waals surface area contributed by atoms with Crippen LogP contribution in [-0.2, 0) is 0 Å². The second-order valence-corrected chi connectivity index (χ2v) is 6.19. The fraction of sp³-hybridized carbons (Fsp3) is 0. The van der Waals surface area contributed by atoms with Crippen LogP contribution in [0.3, 0.4) is 0 Å². The van der Waals surface area contributed by atoms with Gasteiger partial charge in [0, 0.05) is 21.8 Å². The minimum absolute atomic E-state index is 0.706. The molecule has 4 nitrogen and oxygen atoms in total. The molecule has 0 unspecified atom stereocenters. The van der Waals surface area contributed by atoms with E-state index in [1.165, 1.54) is 0 Å². The summed E-state index contributed by atoms with van der Waals surface area (Å²) in [7, 11) is 0. The van der Waals surface area contributed by atoms with E-state index in [0.29, 0.717) is 5.84 Å². The van der Waals surface area contributed by atoms with Gasteiger partial charge in [-0.15, -0.1) is 0 Å². The molecule has 1 aliphatic rings. The number of pyridine rings is 1. The molecule has 0 atom stereocenters. The van der Waals surface area contributed by atoms with E-state index in [1.54, 1.807) is 6.20 Å². The molecule has 0 spiro atoms. The maximum absolute atomic E-state index is 4.72. The Hall–Kier alpha value is -2.79. The van der Waals surface area contributed by atoms with E-state index in [2.05, 4.69) is 31.4 Å². The maximum Gasteiger partial charge on any atom is 0.154 e. The average Bonchev–Trinajstić information content (AvgIpc) is 2.83. The second-order valence-electron chi connectivity index (χ2n) is 5.28. The number of hydrogen-bond acceptors (Lipinski definition) is 4. The van der Waals surface area contributed by atoms with E-state index in [0.717, 1.165) is 32.7 Å². The van der Waals surface area contributed by atoms with Crippen LogP contribution in [0.5, 0.6) is 0 Å². The Balaban J connectivity index is 1.85. The predicted molar refractivity (Wildman–Crippen MR) is 99.8 cm³/mol. The van der Waals surface area contributed by atoms with Crippen molar-refractivity contribution >= 4 is 33.2 Å². The summed E-state index contributed by atoms with van der Waals surface area (Å²) in [6.07, 6.45) is 1.76. The first-order valence-corrected chi connectivity index (χ1v) is 8.30. The lowest BCUT2D eigenvalue weighted by Crippen LogP contribution is -2.19. The van der Waals surface area contributed by atoms with Crippen molar-refractivity contribution in [2.45, 2.75) is 0 Å². The van der Waals surface area contributed by atoms with E-state index in [4.69, 9.17) is 4.99 Å². The lowest BCUT2D eigenvalue weighted by molar-refractivity contribution is 1.03. The van der Waals surface area contributed by atoms with Crippen molar-refractivity contribution in [3.05, 3.63) is 94.2 Å². The van der Waals surface area contributed by atoms with Crippen molar-refractivity contribution in [2.24, 2.45) is 10.1 Å². The van der Waals surface area contributed by atoms with Crippen molar-refractivity contribution in [2.75, 3.05) is 0 Å². The van der Waals surface area contributed by atoms with Crippen LogP contribution in [0.15, 0.2) is 87.5 Å². The van der Waals surface area contributed by atoms with E-state index in [9.17, 15) is 0 Å². The van der Waals surface area contributed by atoms with Gasteiger partial charge in [0.25, 0.3) is 0 Å². The van der Waals surface area contributed by atoms with E-state index in [-0.39, 0.29) is 0 Å². The van der Waals surface area contributed by atoms with E-state index in [1.807, 2.05) is 66.7 Å². The molecule has 1 aromatic heterocycles. The first kappa shape index (κ1) is 14.8. The molecule has 0 saturated heterocycles. The first-order chi connectivity index (χ1) is 11.8. The highest BCUT2D eigenvalue weighted by Gasteiger charge is 2.17. The molecule has 116 valence electrons. The Morgan fingerprint density at radius 2 is 1.58 bits per heavy atom. The number of aliphatic imine (C=N–C) groups is 1. The normalized spacial score (nSPS) is 13.2. The van der Waals surface area contributed by atoms with Gasteiger partial charge in [-0.3, -0.25) is 10.4 Å². The summed E-state index contributed by atoms with van der Waals surface area (Å²) in [4.78, 5) is 9.22. The van der Waals surface area contributed by atoms with Gasteiger partial charge in [0.15, 0.2) is 5.84 Å². The molecule has 2 heterocycles. The summed E-state index contributed by atoms with van der Waals surface area (Å²) < 4.78 is 1.02. The third kappa shape index (κ3) is 2.86. The first-order valence-electron chi connectivity index (χ1n) is 7.50. The van der Waals surface area contributed by atoms with Gasteiger partial charge in [-0.1, -0.05) is 58.4 Å². The molecular formula is C19H13BrN4. The predicted octanol–water partition coefficient (Wildman–Crippen LogP) is 4.28. The Kier molecular flexibility index (Phi) is 3.92. The zero-order valence-corrected chi connectivity index (χ0v) is 14.2. The van der Waals surface area contributed by atoms with Crippen molar-refractivity contribution in [1.29, 1.82) is 0 Å². The largest absolute Gasteiger partial charge is 0.260 e. The SMILES string of the molecule is Brc1ccc(C2=NNC(c3ccccc3)=Nc3cccnc32)cc1. The Bertz CT molecular complexity index is 931. The summed E-state index contributed by atoms with van der Waals surface area (Å²) in [5.41, 5.74) is 7.38. The highest BCUT2D eigenvalue weighted by molar-refractivity contribution is 9.10. The molecule has 0 aliphatic carbocycles. The number of amidine groups is 1. The third-order valence-corrected chi connectivity index (χ3v) is 4.21. The Labute approximate surface area is 148 Å². The van der Waals surface area contributed by atoms with Crippen LogP contribution in [-0.4, -0.2) is 16.5 Å². The molecule has 4 rings (SSSR count). The number of rotatable bonds is 2. The van der Waals surface area contributed by atoms with Gasteiger partial charge in [0.1, 0.15) is 11.4 Å². The molecule has 2 aromatic carbocycles. The molecular weight excluding hydrogens is 364 g/mol. The van der Waals surface area contributed by atoms with Gasteiger partial charge in [-0.2, -0.15) is 5.10 Å². The lowest BCUT2D eigenvalue weighted by atomic mass is 10.1. The van der Waals surface area contributed by atoms with Gasteiger partial charge in [-0.25, -0.2) is 4.99 Å². The molecule has 1 N–H and O–H groups in total. The smallest absolute Gasteiger partial charge is 0.154 e. The summed E-state index contributed by atoms with van der Waals surface area (Å²) in [5, 5.41) is 4.58. The van der Waals surface area contributed by atoms with Gasteiger partial charge in [0.2, 0.25) is 0 Å². The molecule has 0 radical (unpaired) electrons. The highest BCUT2D eigenvalue weighted by Crippen LogP contribution is 2.24. The Morgan fingerprint density at radius 3 is 2.38 bits per heavy atom. The quantitative estimate of drug-likeness (QED) is 0.725. The lowest BCUT2D eigenvalue weighted by Gasteiger charge is -2.06. The number of aromatic nitrogens is 1. The zero-order valence-electron chi connectivity index (χ0n) is 12.6. The standard InChI is InChI=1S/C19H13BrN4/c20-15-10-8-13(9-11-15)17-18-16(7-4-12-21-18)22-19(24-23-17)14-5-2-1-3-6-14/h1-12H,(H,22,24). The Morgan fingerprint density at radius 1 is 0.792 bits per heavy atom. The van der Waals surface area contributed by atoms with Gasteiger partial charge in [0.05, 0.1) is 5.69 Å². The third-order valence-electron chi connectivity index (χ3n) is 3.68. The van der Waals surface area contributed by atoms with Gasteiger partial charge < -0.3 is 0 Å². The zero-order chi connectivity index (χ0) is 16.4. The molecule has 0 fully saturated rings. The van der Waals surface area contributed by atoms with Gasteiger partial charge >= 0.3 is 0 Å². The molecule has 3 aromatic rings. The number of nitrogens with zero attached hydrogens (tertiary/aromatic N) is 3. The second kappa shape index (κ2) is 6.37. The van der Waals surface area contributed by atoms with Crippen LogP contribution in [0.1, 0.15) is 16.8 Å². The molecule has 24 heavy (non-hydrogen) atoms. The van der Waals surface area contributed by atoms with Gasteiger partial charge in [-0.05, 0) is 24.3 Å². The number of hydrogen-bond donors (Lipinski definition) is 1. The summed E-state index contributed by atoms with van der Waals surface area (Å²) >= 11 is 3.46.